The van der Waals surface area contributed by atoms with E-state index in [1.54, 1.807) is 0 Å². The van der Waals surface area contributed by atoms with Gasteiger partial charge in [-0.2, -0.15) is 0 Å². The second-order valence-electron chi connectivity index (χ2n) is 6.63. The first kappa shape index (κ1) is 18.4. The first-order valence-electron chi connectivity index (χ1n) is 9.15. The van der Waals surface area contributed by atoms with Crippen molar-refractivity contribution in [3.8, 4) is 0 Å². The van der Waals surface area contributed by atoms with Crippen LogP contribution in [0.3, 0.4) is 0 Å². The first-order valence-corrected chi connectivity index (χ1v) is 9.15. The molecular formula is C21H27N3O2. The molecule has 138 valence electrons. The second kappa shape index (κ2) is 8.83. The smallest absolute Gasteiger partial charge is 0.254 e. The van der Waals surface area contributed by atoms with Crippen molar-refractivity contribution < 1.29 is 9.53 Å². The lowest BCUT2D eigenvalue weighted by atomic mass is 10.2. The van der Waals surface area contributed by atoms with E-state index in [2.05, 4.69) is 34.2 Å². The number of nitrogens with one attached hydrogen (secondary N) is 1. The third-order valence-corrected chi connectivity index (χ3v) is 4.72. The van der Waals surface area contributed by atoms with Crippen molar-refractivity contribution in [1.29, 1.82) is 0 Å². The Hall–Kier alpha value is -2.37. The topological polar surface area (TPSA) is 44.8 Å². The molecule has 2 aromatic rings. The summed E-state index contributed by atoms with van der Waals surface area (Å²) in [6.45, 7) is 5.87. The van der Waals surface area contributed by atoms with Gasteiger partial charge in [-0.3, -0.25) is 9.69 Å². The lowest BCUT2D eigenvalue weighted by Gasteiger charge is -2.32. The van der Waals surface area contributed by atoms with Gasteiger partial charge in [0.15, 0.2) is 0 Å². The molecule has 1 fully saturated rings. The number of anilines is 2. The molecule has 0 saturated carbocycles. The largest absolute Gasteiger partial charge is 0.375 e. The monoisotopic (exact) mass is 353 g/mol. The summed E-state index contributed by atoms with van der Waals surface area (Å²) in [7, 11) is 2.03. The predicted octanol–water partition coefficient (Wildman–Crippen LogP) is 2.98. The lowest BCUT2D eigenvalue weighted by Crippen LogP contribution is -2.47. The van der Waals surface area contributed by atoms with E-state index in [4.69, 9.17) is 4.74 Å². The molecule has 0 aromatic heterocycles. The molecule has 26 heavy (non-hydrogen) atoms. The summed E-state index contributed by atoms with van der Waals surface area (Å²) in [4.78, 5) is 17.0. The molecule has 0 aliphatic carbocycles. The second-order valence-corrected chi connectivity index (χ2v) is 6.63. The van der Waals surface area contributed by atoms with E-state index in [0.29, 0.717) is 13.2 Å². The van der Waals surface area contributed by atoms with Crippen LogP contribution in [0.5, 0.6) is 0 Å². The minimum atomic E-state index is -0.444. The summed E-state index contributed by atoms with van der Waals surface area (Å²) in [5, 5.41) is 3.00. The molecule has 3 rings (SSSR count). The lowest BCUT2D eigenvalue weighted by molar-refractivity contribution is -0.133. The fourth-order valence-electron chi connectivity index (χ4n) is 3.07. The number of hydrogen-bond acceptors (Lipinski definition) is 4. The summed E-state index contributed by atoms with van der Waals surface area (Å²) in [6, 6.07) is 18.2. The van der Waals surface area contributed by atoms with Crippen LogP contribution >= 0.6 is 0 Å². The van der Waals surface area contributed by atoms with Gasteiger partial charge in [-0.25, -0.2) is 0 Å². The van der Waals surface area contributed by atoms with Gasteiger partial charge in [0.2, 0.25) is 0 Å². The Morgan fingerprint density at radius 3 is 2.81 bits per heavy atom. The Bertz CT molecular complexity index is 720. The molecule has 1 aliphatic heterocycles. The van der Waals surface area contributed by atoms with E-state index in [-0.39, 0.29) is 5.91 Å². The number of nitrogens with zero attached hydrogens (tertiary/aromatic N) is 2. The molecule has 1 saturated heterocycles. The number of amides is 1. The molecule has 0 radical (unpaired) electrons. The minimum absolute atomic E-state index is 0.0842. The van der Waals surface area contributed by atoms with E-state index in [1.165, 1.54) is 5.56 Å². The zero-order valence-corrected chi connectivity index (χ0v) is 15.5. The number of rotatable bonds is 6. The maximum atomic E-state index is 12.6. The molecule has 1 atom stereocenters. The number of ether oxygens (including phenoxy) is 1. The summed E-state index contributed by atoms with van der Waals surface area (Å²) in [5.74, 6) is -0.0842. The van der Waals surface area contributed by atoms with Gasteiger partial charge in [0.25, 0.3) is 5.91 Å². The average molecular weight is 353 g/mol. The molecule has 0 bridgehead atoms. The normalized spacial score (nSPS) is 17.7. The Balaban J connectivity index is 1.59. The van der Waals surface area contributed by atoms with Crippen molar-refractivity contribution >= 4 is 17.3 Å². The highest BCUT2D eigenvalue weighted by Gasteiger charge is 2.26. The van der Waals surface area contributed by atoms with Crippen molar-refractivity contribution in [1.82, 2.24) is 4.90 Å². The Kier molecular flexibility index (Phi) is 6.26. The van der Waals surface area contributed by atoms with Crippen molar-refractivity contribution in [3.05, 3.63) is 60.2 Å². The van der Waals surface area contributed by atoms with E-state index < -0.39 is 6.10 Å². The fraction of sp³-hybridized carbons (Fsp3) is 0.381. The Morgan fingerprint density at radius 1 is 1.23 bits per heavy atom. The van der Waals surface area contributed by atoms with E-state index >= 15 is 0 Å². The van der Waals surface area contributed by atoms with Gasteiger partial charge in [0.1, 0.15) is 6.10 Å². The summed E-state index contributed by atoms with van der Waals surface area (Å²) in [5.41, 5.74) is 3.14. The van der Waals surface area contributed by atoms with Gasteiger partial charge in [-0.15, -0.1) is 0 Å². The molecule has 5 nitrogen and oxygen atoms in total. The molecule has 1 N–H and O–H groups in total. The maximum Gasteiger partial charge on any atom is 0.254 e. The van der Waals surface area contributed by atoms with Crippen molar-refractivity contribution in [2.75, 3.05) is 43.5 Å². The molecule has 1 amide bonds. The summed E-state index contributed by atoms with van der Waals surface area (Å²) in [6.07, 6.45) is -0.444. The SMILES string of the molecule is CCN(C)c1cccc(NC(=O)C2CN(Cc3ccccc3)CCO2)c1. The third kappa shape index (κ3) is 4.84. The summed E-state index contributed by atoms with van der Waals surface area (Å²) >= 11 is 0. The van der Waals surface area contributed by atoms with Crippen molar-refractivity contribution in [2.24, 2.45) is 0 Å². The van der Waals surface area contributed by atoms with Gasteiger partial charge in [0.05, 0.1) is 6.61 Å². The van der Waals surface area contributed by atoms with Gasteiger partial charge in [0, 0.05) is 44.6 Å². The molecule has 1 heterocycles. The van der Waals surface area contributed by atoms with E-state index in [0.717, 1.165) is 31.0 Å². The van der Waals surface area contributed by atoms with E-state index in [1.807, 2.05) is 49.5 Å². The zero-order valence-electron chi connectivity index (χ0n) is 15.5. The molecule has 5 heteroatoms. The first-order chi connectivity index (χ1) is 12.7. The average Bonchev–Trinajstić information content (AvgIpc) is 2.68. The zero-order chi connectivity index (χ0) is 18.4. The quantitative estimate of drug-likeness (QED) is 0.867. The van der Waals surface area contributed by atoms with Gasteiger partial charge < -0.3 is 15.0 Å². The van der Waals surface area contributed by atoms with Crippen LogP contribution < -0.4 is 10.2 Å². The van der Waals surface area contributed by atoms with Gasteiger partial charge in [-0.05, 0) is 30.7 Å². The van der Waals surface area contributed by atoms with Crippen LogP contribution in [0.25, 0.3) is 0 Å². The van der Waals surface area contributed by atoms with Crippen molar-refractivity contribution in [3.63, 3.8) is 0 Å². The predicted molar refractivity (Wildman–Crippen MR) is 105 cm³/mol. The number of benzene rings is 2. The highest BCUT2D eigenvalue weighted by atomic mass is 16.5. The highest BCUT2D eigenvalue weighted by Crippen LogP contribution is 2.19. The van der Waals surface area contributed by atoms with Crippen LogP contribution in [0.15, 0.2) is 54.6 Å². The number of carbonyl (C=O) groups excluding carboxylic acids is 1. The van der Waals surface area contributed by atoms with Crippen LogP contribution in [-0.4, -0.2) is 50.2 Å². The number of morpholine rings is 1. The standard InChI is InChI=1S/C21H27N3O2/c1-3-23(2)19-11-7-10-18(14-19)22-21(25)20-16-24(12-13-26-20)15-17-8-5-4-6-9-17/h4-11,14,20H,3,12-13,15-16H2,1-2H3,(H,22,25). The molecule has 0 spiro atoms. The number of hydrogen-bond donors (Lipinski definition) is 1. The van der Waals surface area contributed by atoms with Gasteiger partial charge >= 0.3 is 0 Å². The fourth-order valence-corrected chi connectivity index (χ4v) is 3.07. The van der Waals surface area contributed by atoms with E-state index in [9.17, 15) is 4.79 Å². The van der Waals surface area contributed by atoms with Crippen LogP contribution in [0.4, 0.5) is 11.4 Å². The Labute approximate surface area is 155 Å². The van der Waals surface area contributed by atoms with Crippen molar-refractivity contribution in [2.45, 2.75) is 19.6 Å². The molecule has 1 aliphatic rings. The molecule has 1 unspecified atom stereocenters. The molecular weight excluding hydrogens is 326 g/mol. The summed E-state index contributed by atoms with van der Waals surface area (Å²) < 4.78 is 5.71. The van der Waals surface area contributed by atoms with Crippen LogP contribution in [-0.2, 0) is 16.1 Å². The van der Waals surface area contributed by atoms with Crippen LogP contribution in [0, 0.1) is 0 Å². The highest BCUT2D eigenvalue weighted by molar-refractivity contribution is 5.94. The van der Waals surface area contributed by atoms with Crippen LogP contribution in [0.2, 0.25) is 0 Å². The van der Waals surface area contributed by atoms with Crippen LogP contribution in [0.1, 0.15) is 12.5 Å². The molecule has 2 aromatic carbocycles. The maximum absolute atomic E-state index is 12.6. The third-order valence-electron chi connectivity index (χ3n) is 4.72. The Morgan fingerprint density at radius 2 is 2.04 bits per heavy atom. The van der Waals surface area contributed by atoms with Gasteiger partial charge in [-0.1, -0.05) is 36.4 Å². The number of carbonyl (C=O) groups is 1. The minimum Gasteiger partial charge on any atom is -0.375 e.